The van der Waals surface area contributed by atoms with Crippen LogP contribution in [0, 0.1) is 0 Å². The number of nitrogens with zero attached hydrogens (tertiary/aromatic N) is 2. The van der Waals surface area contributed by atoms with Crippen LogP contribution in [0.15, 0.2) is 28.5 Å². The van der Waals surface area contributed by atoms with E-state index in [-0.39, 0.29) is 28.6 Å². The Kier molecular flexibility index (Phi) is 6.55. The summed E-state index contributed by atoms with van der Waals surface area (Å²) < 4.78 is 29.3. The number of fused-ring (bicyclic) bond motifs is 1. The summed E-state index contributed by atoms with van der Waals surface area (Å²) in [6.45, 7) is 1.44. The van der Waals surface area contributed by atoms with Crippen molar-refractivity contribution in [2.75, 3.05) is 26.2 Å². The normalized spacial score (nSPS) is 22.5. The number of rotatable bonds is 6. The van der Waals surface area contributed by atoms with Gasteiger partial charge in [-0.3, -0.25) is 9.59 Å². The Morgan fingerprint density at radius 3 is 2.77 bits per heavy atom. The van der Waals surface area contributed by atoms with E-state index in [9.17, 15) is 18.0 Å². The predicted octanol–water partition coefficient (Wildman–Crippen LogP) is 1.77. The number of thiophene rings is 1. The third-order valence-corrected chi connectivity index (χ3v) is 9.14. The fraction of sp³-hybridized carbons (Fsp3) is 0.500. The zero-order valence-corrected chi connectivity index (χ0v) is 19.3. The van der Waals surface area contributed by atoms with Crippen LogP contribution in [0.4, 0.5) is 0 Å². The Balaban J connectivity index is 1.45. The lowest BCUT2D eigenvalue weighted by Gasteiger charge is -2.34. The third-order valence-electron chi connectivity index (χ3n) is 5.84. The van der Waals surface area contributed by atoms with Crippen LogP contribution in [0.2, 0.25) is 5.02 Å². The molecule has 2 saturated heterocycles. The quantitative estimate of drug-likeness (QED) is 0.648. The van der Waals surface area contributed by atoms with Crippen LogP contribution in [-0.4, -0.2) is 68.3 Å². The molecule has 3 N–H and O–H groups in total. The number of amides is 2. The van der Waals surface area contributed by atoms with Gasteiger partial charge in [0.2, 0.25) is 11.8 Å². The second-order valence-corrected chi connectivity index (χ2v) is 11.4. The van der Waals surface area contributed by atoms with Gasteiger partial charge in [-0.05, 0) is 55.3 Å². The lowest BCUT2D eigenvalue weighted by atomic mass is 10.1. The molecule has 2 atom stereocenters. The minimum Gasteiger partial charge on any atom is -0.337 e. The highest BCUT2D eigenvalue weighted by molar-refractivity contribution is 7.91. The number of sulfonamides is 1. The van der Waals surface area contributed by atoms with Crippen molar-refractivity contribution in [1.29, 1.82) is 0 Å². The molecule has 1 aromatic carbocycles. The van der Waals surface area contributed by atoms with Crippen LogP contribution in [0.1, 0.15) is 25.7 Å². The highest BCUT2D eigenvalue weighted by atomic mass is 35.5. The van der Waals surface area contributed by atoms with E-state index in [0.29, 0.717) is 37.5 Å². The molecule has 0 aliphatic carbocycles. The van der Waals surface area contributed by atoms with Crippen LogP contribution in [0.5, 0.6) is 0 Å². The summed E-state index contributed by atoms with van der Waals surface area (Å²) in [5.74, 6) is -0.498. The van der Waals surface area contributed by atoms with Gasteiger partial charge in [0, 0.05) is 35.4 Å². The average Bonchev–Trinajstić information content (AvgIpc) is 3.37. The second kappa shape index (κ2) is 9.03. The molecule has 11 heteroatoms. The molecule has 2 aliphatic rings. The van der Waals surface area contributed by atoms with Crippen molar-refractivity contribution in [1.82, 2.24) is 14.5 Å². The summed E-state index contributed by atoms with van der Waals surface area (Å²) in [6, 6.07) is 5.88. The Morgan fingerprint density at radius 2 is 2.00 bits per heavy atom. The van der Waals surface area contributed by atoms with Gasteiger partial charge < -0.3 is 15.5 Å². The molecule has 168 valence electrons. The zero-order chi connectivity index (χ0) is 22.2. The van der Waals surface area contributed by atoms with Crippen molar-refractivity contribution < 1.29 is 18.0 Å². The SMILES string of the molecule is NC[C@@H]1CCCN1C(=O)CN1CCCC(NS(=O)(=O)c2cc3cc(Cl)ccc3s2)C1=O. The van der Waals surface area contributed by atoms with Gasteiger partial charge in [-0.15, -0.1) is 11.3 Å². The molecule has 0 spiro atoms. The van der Waals surface area contributed by atoms with Crippen molar-refractivity contribution in [3.8, 4) is 0 Å². The Bertz CT molecular complexity index is 1100. The number of halogens is 1. The average molecular weight is 485 g/mol. The summed E-state index contributed by atoms with van der Waals surface area (Å²) in [6.07, 6.45) is 2.80. The fourth-order valence-electron chi connectivity index (χ4n) is 4.24. The maximum Gasteiger partial charge on any atom is 0.250 e. The topological polar surface area (TPSA) is 113 Å². The van der Waals surface area contributed by atoms with E-state index in [4.69, 9.17) is 17.3 Å². The molecule has 1 unspecified atom stereocenters. The standard InChI is InChI=1S/C20H25ClN4O4S2/c21-14-5-6-17-13(9-14)10-19(30-17)31(28,29)23-16-4-2-7-24(20(16)27)12-18(26)25-8-1-3-15(25)11-22/h5-6,9-10,15-16,23H,1-4,7-8,11-12,22H2/t15-,16?/m0/s1. The van der Waals surface area contributed by atoms with Gasteiger partial charge in [-0.2, -0.15) is 4.72 Å². The van der Waals surface area contributed by atoms with E-state index < -0.39 is 16.1 Å². The molecule has 1 aromatic heterocycles. The lowest BCUT2D eigenvalue weighted by molar-refractivity contribution is -0.143. The monoisotopic (exact) mass is 484 g/mol. The van der Waals surface area contributed by atoms with E-state index in [2.05, 4.69) is 4.72 Å². The first-order chi connectivity index (χ1) is 14.8. The molecule has 2 aliphatic heterocycles. The van der Waals surface area contributed by atoms with Gasteiger partial charge in [-0.1, -0.05) is 11.6 Å². The molecule has 3 heterocycles. The number of hydrogen-bond acceptors (Lipinski definition) is 6. The van der Waals surface area contributed by atoms with Crippen LogP contribution in [0.3, 0.4) is 0 Å². The number of likely N-dealkylation sites (tertiary alicyclic amines) is 2. The number of piperidine rings is 1. The van der Waals surface area contributed by atoms with Crippen molar-refractivity contribution in [3.05, 3.63) is 29.3 Å². The van der Waals surface area contributed by atoms with Gasteiger partial charge in [0.15, 0.2) is 0 Å². The summed E-state index contributed by atoms with van der Waals surface area (Å²) in [7, 11) is -3.88. The largest absolute Gasteiger partial charge is 0.337 e. The van der Waals surface area contributed by atoms with Gasteiger partial charge in [-0.25, -0.2) is 8.42 Å². The molecule has 31 heavy (non-hydrogen) atoms. The maximum atomic E-state index is 12.9. The molecule has 0 radical (unpaired) electrons. The van der Waals surface area contributed by atoms with E-state index in [1.807, 2.05) is 0 Å². The fourth-order valence-corrected chi connectivity index (χ4v) is 7.04. The highest BCUT2D eigenvalue weighted by Crippen LogP contribution is 2.31. The van der Waals surface area contributed by atoms with Crippen molar-refractivity contribution in [3.63, 3.8) is 0 Å². The minimum atomic E-state index is -3.88. The van der Waals surface area contributed by atoms with Crippen LogP contribution in [0.25, 0.3) is 10.1 Å². The molecule has 2 fully saturated rings. The lowest BCUT2D eigenvalue weighted by Crippen LogP contribution is -2.55. The zero-order valence-electron chi connectivity index (χ0n) is 16.9. The summed E-state index contributed by atoms with van der Waals surface area (Å²) in [4.78, 5) is 28.8. The first-order valence-corrected chi connectivity index (χ1v) is 13.0. The second-order valence-electron chi connectivity index (χ2n) is 7.94. The van der Waals surface area contributed by atoms with Gasteiger partial charge in [0.05, 0.1) is 6.54 Å². The maximum absolute atomic E-state index is 12.9. The van der Waals surface area contributed by atoms with Crippen LogP contribution < -0.4 is 10.5 Å². The van der Waals surface area contributed by atoms with Gasteiger partial charge in [0.25, 0.3) is 10.0 Å². The van der Waals surface area contributed by atoms with Crippen LogP contribution >= 0.6 is 22.9 Å². The van der Waals surface area contributed by atoms with Crippen LogP contribution in [-0.2, 0) is 19.6 Å². The molecule has 2 aromatic rings. The van der Waals surface area contributed by atoms with Gasteiger partial charge >= 0.3 is 0 Å². The Labute approximate surface area is 190 Å². The smallest absolute Gasteiger partial charge is 0.250 e. The van der Waals surface area contributed by atoms with Crippen molar-refractivity contribution in [2.24, 2.45) is 5.73 Å². The van der Waals surface area contributed by atoms with Gasteiger partial charge in [0.1, 0.15) is 10.3 Å². The Hall–Kier alpha value is -1.72. The first kappa shape index (κ1) is 22.5. The number of carbonyl (C=O) groups excluding carboxylic acids is 2. The number of hydrogen-bond donors (Lipinski definition) is 2. The Morgan fingerprint density at radius 1 is 1.23 bits per heavy atom. The van der Waals surface area contributed by atoms with Crippen molar-refractivity contribution >= 4 is 54.9 Å². The van der Waals surface area contributed by atoms with E-state index >= 15 is 0 Å². The predicted molar refractivity (Wildman–Crippen MR) is 121 cm³/mol. The molecule has 2 amide bonds. The van der Waals surface area contributed by atoms with E-state index in [1.54, 1.807) is 29.2 Å². The molecular formula is C20H25ClN4O4S2. The van der Waals surface area contributed by atoms with Crippen molar-refractivity contribution in [2.45, 2.75) is 42.0 Å². The number of carbonyl (C=O) groups is 2. The summed E-state index contributed by atoms with van der Waals surface area (Å²) in [5, 5.41) is 1.26. The highest BCUT2D eigenvalue weighted by Gasteiger charge is 2.36. The summed E-state index contributed by atoms with van der Waals surface area (Å²) in [5.41, 5.74) is 5.75. The molecule has 0 saturated carbocycles. The minimum absolute atomic E-state index is 0.0168. The third kappa shape index (κ3) is 4.73. The van der Waals surface area contributed by atoms with E-state index in [1.165, 1.54) is 4.90 Å². The van der Waals surface area contributed by atoms with E-state index in [0.717, 1.165) is 34.3 Å². The molecule has 0 bridgehead atoms. The number of nitrogens with two attached hydrogens (primary N) is 1. The molecular weight excluding hydrogens is 460 g/mol. The molecule has 8 nitrogen and oxygen atoms in total. The number of nitrogens with one attached hydrogen (secondary N) is 1. The summed E-state index contributed by atoms with van der Waals surface area (Å²) >= 11 is 7.12. The first-order valence-electron chi connectivity index (χ1n) is 10.3. The number of benzene rings is 1. The molecule has 4 rings (SSSR count).